The molecule has 1 saturated heterocycles. The number of nitrogens with zero attached hydrogens (tertiary/aromatic N) is 1. The largest absolute Gasteiger partial charge is 0.396 e. The van der Waals surface area contributed by atoms with Gasteiger partial charge in [-0.05, 0) is 58.5 Å². The molecule has 0 aromatic heterocycles. The minimum Gasteiger partial charge on any atom is -0.396 e. The number of aliphatic hydroxyl groups is 2. The van der Waals surface area contributed by atoms with Crippen molar-refractivity contribution in [2.75, 3.05) is 19.7 Å². The van der Waals surface area contributed by atoms with E-state index in [9.17, 15) is 5.11 Å². The van der Waals surface area contributed by atoms with E-state index in [2.05, 4.69) is 4.90 Å². The summed E-state index contributed by atoms with van der Waals surface area (Å²) in [4.78, 5) is 2.54. The fraction of sp³-hybridized carbons (Fsp3) is 1.00. The predicted octanol–water partition coefficient (Wildman–Crippen LogP) is 1.77. The molecular weight excluding hydrogens is 202 g/mol. The van der Waals surface area contributed by atoms with Crippen LogP contribution in [0.1, 0.15) is 51.9 Å². The van der Waals surface area contributed by atoms with E-state index in [0.29, 0.717) is 12.6 Å². The van der Waals surface area contributed by atoms with Crippen molar-refractivity contribution < 1.29 is 10.2 Å². The van der Waals surface area contributed by atoms with Gasteiger partial charge in [-0.3, -0.25) is 0 Å². The molecular formula is C13H27NO2. The Bertz CT molecular complexity index is 173. The zero-order chi connectivity index (χ0) is 11.8. The lowest BCUT2D eigenvalue weighted by Gasteiger charge is -2.36. The minimum atomic E-state index is -0.178. The third-order valence-electron chi connectivity index (χ3n) is 3.47. The van der Waals surface area contributed by atoms with E-state index in [1.165, 1.54) is 32.2 Å². The Balaban J connectivity index is 2.23. The number of likely N-dealkylation sites (tertiary alicyclic amines) is 1. The van der Waals surface area contributed by atoms with Crippen LogP contribution in [0.5, 0.6) is 0 Å². The first-order chi connectivity index (χ1) is 7.74. The zero-order valence-corrected chi connectivity index (χ0v) is 10.6. The molecule has 0 radical (unpaired) electrons. The van der Waals surface area contributed by atoms with Gasteiger partial charge in [0.05, 0.1) is 6.10 Å². The van der Waals surface area contributed by atoms with E-state index >= 15 is 0 Å². The Morgan fingerprint density at radius 1 is 1.25 bits per heavy atom. The monoisotopic (exact) mass is 229 g/mol. The Morgan fingerprint density at radius 3 is 2.75 bits per heavy atom. The summed E-state index contributed by atoms with van der Waals surface area (Å²) in [5.74, 6) is 0. The highest BCUT2D eigenvalue weighted by molar-refractivity contribution is 4.78. The molecule has 0 bridgehead atoms. The van der Waals surface area contributed by atoms with Crippen molar-refractivity contribution in [3.63, 3.8) is 0 Å². The molecule has 1 fully saturated rings. The first-order valence-electron chi connectivity index (χ1n) is 6.77. The molecule has 0 aromatic carbocycles. The van der Waals surface area contributed by atoms with E-state index in [1.807, 2.05) is 6.92 Å². The summed E-state index contributed by atoms with van der Waals surface area (Å²) in [6, 6.07) is 0.586. The minimum absolute atomic E-state index is 0.178. The van der Waals surface area contributed by atoms with Crippen LogP contribution >= 0.6 is 0 Å². The predicted molar refractivity (Wildman–Crippen MR) is 66.4 cm³/mol. The molecule has 1 heterocycles. The van der Waals surface area contributed by atoms with Crippen LogP contribution < -0.4 is 0 Å². The van der Waals surface area contributed by atoms with Crippen molar-refractivity contribution in [2.24, 2.45) is 0 Å². The molecule has 1 rings (SSSR count). The summed E-state index contributed by atoms with van der Waals surface area (Å²) in [5, 5.41) is 18.2. The third-order valence-corrected chi connectivity index (χ3v) is 3.47. The van der Waals surface area contributed by atoms with E-state index < -0.39 is 0 Å². The van der Waals surface area contributed by atoms with Gasteiger partial charge >= 0.3 is 0 Å². The number of aliphatic hydroxyl groups excluding tert-OH is 2. The molecule has 2 atom stereocenters. The molecule has 0 saturated carbocycles. The second-order valence-electron chi connectivity index (χ2n) is 5.05. The number of hydrogen-bond acceptors (Lipinski definition) is 3. The smallest absolute Gasteiger partial charge is 0.0527 e. The number of piperidine rings is 1. The van der Waals surface area contributed by atoms with Gasteiger partial charge < -0.3 is 15.1 Å². The first kappa shape index (κ1) is 13.9. The van der Waals surface area contributed by atoms with Crippen molar-refractivity contribution in [3.8, 4) is 0 Å². The quantitative estimate of drug-likeness (QED) is 0.654. The lowest BCUT2D eigenvalue weighted by atomic mass is 9.97. The standard InChI is InChI=1S/C13H27NO2/c1-12(16)11-13-7-3-5-9-14(13)8-4-2-6-10-15/h12-13,15-16H,2-11H2,1H3. The molecule has 96 valence electrons. The highest BCUT2D eigenvalue weighted by Gasteiger charge is 2.22. The second-order valence-corrected chi connectivity index (χ2v) is 5.05. The Labute approximate surface area is 99.5 Å². The molecule has 0 amide bonds. The highest BCUT2D eigenvalue weighted by Crippen LogP contribution is 2.21. The van der Waals surface area contributed by atoms with Gasteiger partial charge in [0.2, 0.25) is 0 Å². The average Bonchev–Trinajstić information content (AvgIpc) is 2.26. The first-order valence-corrected chi connectivity index (χ1v) is 6.77. The number of hydrogen-bond donors (Lipinski definition) is 2. The van der Waals surface area contributed by atoms with Crippen LogP contribution in [0.15, 0.2) is 0 Å². The van der Waals surface area contributed by atoms with Gasteiger partial charge in [0.1, 0.15) is 0 Å². The normalized spacial score (nSPS) is 24.6. The van der Waals surface area contributed by atoms with E-state index in [1.54, 1.807) is 0 Å². The summed E-state index contributed by atoms with van der Waals surface area (Å²) in [5.41, 5.74) is 0. The Hall–Kier alpha value is -0.120. The molecule has 1 aliphatic rings. The maximum absolute atomic E-state index is 9.47. The van der Waals surface area contributed by atoms with Crippen LogP contribution in [0.3, 0.4) is 0 Å². The fourth-order valence-corrected chi connectivity index (χ4v) is 2.62. The topological polar surface area (TPSA) is 43.7 Å². The maximum Gasteiger partial charge on any atom is 0.0527 e. The van der Waals surface area contributed by atoms with Gasteiger partial charge in [-0.25, -0.2) is 0 Å². The maximum atomic E-state index is 9.47. The van der Waals surface area contributed by atoms with Crippen LogP contribution in [-0.4, -0.2) is 47.0 Å². The van der Waals surface area contributed by atoms with Crippen molar-refractivity contribution >= 4 is 0 Å². The van der Waals surface area contributed by atoms with Gasteiger partial charge in [-0.15, -0.1) is 0 Å². The van der Waals surface area contributed by atoms with Gasteiger partial charge in [0.25, 0.3) is 0 Å². The van der Waals surface area contributed by atoms with Gasteiger partial charge in [0.15, 0.2) is 0 Å². The Kier molecular flexibility index (Phi) is 7.01. The van der Waals surface area contributed by atoms with Gasteiger partial charge in [-0.1, -0.05) is 6.42 Å². The summed E-state index contributed by atoms with van der Waals surface area (Å²) in [6.45, 7) is 4.53. The molecule has 2 N–H and O–H groups in total. The number of rotatable bonds is 7. The fourth-order valence-electron chi connectivity index (χ4n) is 2.62. The van der Waals surface area contributed by atoms with Crippen LogP contribution in [0.25, 0.3) is 0 Å². The van der Waals surface area contributed by atoms with Gasteiger partial charge in [0, 0.05) is 12.6 Å². The summed E-state index contributed by atoms with van der Waals surface area (Å²) in [6.07, 6.45) is 7.81. The summed E-state index contributed by atoms with van der Waals surface area (Å²) >= 11 is 0. The summed E-state index contributed by atoms with van der Waals surface area (Å²) < 4.78 is 0. The molecule has 0 aromatic rings. The molecule has 3 nitrogen and oxygen atoms in total. The lowest BCUT2D eigenvalue weighted by molar-refractivity contribution is 0.0852. The average molecular weight is 229 g/mol. The second kappa shape index (κ2) is 8.04. The van der Waals surface area contributed by atoms with Crippen molar-refractivity contribution in [2.45, 2.75) is 64.0 Å². The SMILES string of the molecule is CC(O)CC1CCCCN1CCCCCO. The molecule has 16 heavy (non-hydrogen) atoms. The molecule has 3 heteroatoms. The third kappa shape index (κ3) is 5.28. The van der Waals surface area contributed by atoms with E-state index in [-0.39, 0.29) is 6.10 Å². The van der Waals surface area contributed by atoms with Crippen LogP contribution in [0, 0.1) is 0 Å². The van der Waals surface area contributed by atoms with Crippen LogP contribution in [-0.2, 0) is 0 Å². The molecule has 1 aliphatic heterocycles. The molecule has 0 spiro atoms. The molecule has 0 aliphatic carbocycles. The van der Waals surface area contributed by atoms with Crippen molar-refractivity contribution in [1.82, 2.24) is 4.90 Å². The summed E-state index contributed by atoms with van der Waals surface area (Å²) in [7, 11) is 0. The van der Waals surface area contributed by atoms with E-state index in [0.717, 1.165) is 25.8 Å². The lowest BCUT2D eigenvalue weighted by Crippen LogP contribution is -2.41. The number of unbranched alkanes of at least 4 members (excludes halogenated alkanes) is 2. The van der Waals surface area contributed by atoms with Crippen molar-refractivity contribution in [3.05, 3.63) is 0 Å². The van der Waals surface area contributed by atoms with Crippen molar-refractivity contribution in [1.29, 1.82) is 0 Å². The van der Waals surface area contributed by atoms with Crippen LogP contribution in [0.4, 0.5) is 0 Å². The Morgan fingerprint density at radius 2 is 2.06 bits per heavy atom. The van der Waals surface area contributed by atoms with E-state index in [4.69, 9.17) is 5.11 Å². The highest BCUT2D eigenvalue weighted by atomic mass is 16.3. The zero-order valence-electron chi connectivity index (χ0n) is 10.6. The molecule has 2 unspecified atom stereocenters. The van der Waals surface area contributed by atoms with Gasteiger partial charge in [-0.2, -0.15) is 0 Å². The van der Waals surface area contributed by atoms with Crippen LogP contribution in [0.2, 0.25) is 0 Å².